The monoisotopic (exact) mass is 555 g/mol. The maximum Gasteiger partial charge on any atom is 0.244 e. The fourth-order valence-corrected chi connectivity index (χ4v) is 5.23. The second-order valence-electron chi connectivity index (χ2n) is 8.95. The number of hydrogen-bond donors (Lipinski definition) is 1. The first kappa shape index (κ1) is 29.9. The van der Waals surface area contributed by atoms with Gasteiger partial charge in [-0.3, -0.25) is 13.9 Å². The molecule has 36 heavy (non-hydrogen) atoms. The van der Waals surface area contributed by atoms with Gasteiger partial charge in [0.15, 0.2) is 0 Å². The summed E-state index contributed by atoms with van der Waals surface area (Å²) in [5.41, 5.74) is 2.55. The number of aryl methyl sites for hydroxylation is 1. The van der Waals surface area contributed by atoms with Crippen LogP contribution < -0.4 is 9.62 Å². The van der Waals surface area contributed by atoms with Crippen LogP contribution in [0.25, 0.3) is 0 Å². The highest BCUT2D eigenvalue weighted by Crippen LogP contribution is 2.29. The van der Waals surface area contributed by atoms with E-state index in [1.165, 1.54) is 4.90 Å². The highest BCUT2D eigenvalue weighted by molar-refractivity contribution is 7.92. The second kappa shape index (κ2) is 12.8. The number of benzene rings is 2. The molecule has 7 nitrogen and oxygen atoms in total. The van der Waals surface area contributed by atoms with E-state index in [9.17, 15) is 18.0 Å². The lowest BCUT2D eigenvalue weighted by atomic mass is 10.1. The highest BCUT2D eigenvalue weighted by Gasteiger charge is 2.33. The van der Waals surface area contributed by atoms with Gasteiger partial charge in [0.05, 0.1) is 11.9 Å². The number of nitrogens with zero attached hydrogens (tertiary/aromatic N) is 2. The molecule has 2 aromatic rings. The first-order valence-electron chi connectivity index (χ1n) is 11.9. The fraction of sp³-hybridized carbons (Fsp3) is 0.462. The van der Waals surface area contributed by atoms with Crippen LogP contribution in [-0.2, 0) is 26.2 Å². The summed E-state index contributed by atoms with van der Waals surface area (Å²) in [5.74, 6) is -0.857. The molecule has 2 unspecified atom stereocenters. The molecule has 198 valence electrons. The Balaban J connectivity index is 2.55. The van der Waals surface area contributed by atoms with Gasteiger partial charge >= 0.3 is 0 Å². The number of sulfonamides is 1. The Kier molecular flexibility index (Phi) is 10.6. The van der Waals surface area contributed by atoms with Crippen molar-refractivity contribution in [1.82, 2.24) is 10.2 Å². The van der Waals surface area contributed by atoms with E-state index >= 15 is 0 Å². The number of rotatable bonds is 11. The van der Waals surface area contributed by atoms with Crippen LogP contribution in [0, 0.1) is 13.8 Å². The SMILES string of the molecule is CCC(C)NC(=O)C(CC)N(Cc1c(Cl)cccc1Cl)C(=O)CN(c1cccc(C)c1C)S(C)(=O)=O. The van der Waals surface area contributed by atoms with Crippen molar-refractivity contribution in [2.75, 3.05) is 17.1 Å². The van der Waals surface area contributed by atoms with Gasteiger partial charge in [0.2, 0.25) is 21.8 Å². The molecule has 2 aromatic carbocycles. The standard InChI is InChI=1S/C26H35Cl2N3O4S/c1-7-18(4)29-26(33)23(8-2)30(15-20-21(27)12-10-13-22(20)28)25(32)16-31(36(6,34)35)24-14-9-11-17(3)19(24)5/h9-14,18,23H,7-8,15-16H2,1-6H3,(H,29,33). The molecule has 2 amide bonds. The van der Waals surface area contributed by atoms with Gasteiger partial charge in [-0.2, -0.15) is 0 Å². The van der Waals surface area contributed by atoms with E-state index < -0.39 is 28.5 Å². The largest absolute Gasteiger partial charge is 0.352 e. The molecular formula is C26H35Cl2N3O4S. The summed E-state index contributed by atoms with van der Waals surface area (Å²) in [7, 11) is -3.82. The third-order valence-electron chi connectivity index (χ3n) is 6.30. The Morgan fingerprint density at radius 3 is 2.11 bits per heavy atom. The summed E-state index contributed by atoms with van der Waals surface area (Å²) in [6.45, 7) is 8.79. The lowest BCUT2D eigenvalue weighted by Crippen LogP contribution is -2.53. The maximum absolute atomic E-state index is 13.8. The quantitative estimate of drug-likeness (QED) is 0.418. The molecule has 0 spiro atoms. The smallest absolute Gasteiger partial charge is 0.244 e. The number of amides is 2. The summed E-state index contributed by atoms with van der Waals surface area (Å²) < 4.78 is 26.7. The van der Waals surface area contributed by atoms with E-state index in [2.05, 4.69) is 5.32 Å². The van der Waals surface area contributed by atoms with Crippen molar-refractivity contribution < 1.29 is 18.0 Å². The van der Waals surface area contributed by atoms with Gasteiger partial charge in [-0.1, -0.05) is 55.2 Å². The third-order valence-corrected chi connectivity index (χ3v) is 8.14. The van der Waals surface area contributed by atoms with Crippen LogP contribution >= 0.6 is 23.2 Å². The molecule has 0 aromatic heterocycles. The minimum Gasteiger partial charge on any atom is -0.352 e. The number of anilines is 1. The molecule has 0 aliphatic carbocycles. The zero-order valence-electron chi connectivity index (χ0n) is 21.6. The van der Waals surface area contributed by atoms with Crippen molar-refractivity contribution in [2.45, 2.75) is 66.1 Å². The molecule has 1 N–H and O–H groups in total. The topological polar surface area (TPSA) is 86.8 Å². The van der Waals surface area contributed by atoms with Gasteiger partial charge < -0.3 is 10.2 Å². The Bertz CT molecular complexity index is 1180. The van der Waals surface area contributed by atoms with Gasteiger partial charge in [-0.15, -0.1) is 0 Å². The number of hydrogen-bond acceptors (Lipinski definition) is 4. The first-order chi connectivity index (χ1) is 16.8. The molecule has 0 radical (unpaired) electrons. The summed E-state index contributed by atoms with van der Waals surface area (Å²) in [5, 5.41) is 3.64. The average Bonchev–Trinajstić information content (AvgIpc) is 2.80. The Labute approximate surface area is 224 Å². The lowest BCUT2D eigenvalue weighted by molar-refractivity contribution is -0.140. The summed E-state index contributed by atoms with van der Waals surface area (Å²) in [4.78, 5) is 28.4. The highest BCUT2D eigenvalue weighted by atomic mass is 35.5. The molecular weight excluding hydrogens is 521 g/mol. The van der Waals surface area contributed by atoms with E-state index in [-0.39, 0.29) is 18.5 Å². The van der Waals surface area contributed by atoms with Gasteiger partial charge in [0.1, 0.15) is 12.6 Å². The van der Waals surface area contributed by atoms with E-state index in [4.69, 9.17) is 23.2 Å². The molecule has 10 heteroatoms. The number of carbonyl (C=O) groups is 2. The van der Waals surface area contributed by atoms with Crippen LogP contribution in [-0.4, -0.2) is 50.0 Å². The van der Waals surface area contributed by atoms with Crippen molar-refractivity contribution >= 4 is 50.7 Å². The number of carbonyl (C=O) groups excluding carboxylic acids is 2. The number of halogens is 2. The molecule has 2 rings (SSSR count). The summed E-state index contributed by atoms with van der Waals surface area (Å²) >= 11 is 12.8. The van der Waals surface area contributed by atoms with E-state index in [1.54, 1.807) is 37.3 Å². The molecule has 0 saturated heterocycles. The predicted molar refractivity (Wildman–Crippen MR) is 147 cm³/mol. The molecule has 0 fully saturated rings. The van der Waals surface area contributed by atoms with E-state index in [0.717, 1.165) is 28.1 Å². The van der Waals surface area contributed by atoms with Crippen LogP contribution in [0.2, 0.25) is 10.0 Å². The predicted octanol–water partition coefficient (Wildman–Crippen LogP) is 5.10. The van der Waals surface area contributed by atoms with Crippen LogP contribution in [0.4, 0.5) is 5.69 Å². The summed E-state index contributed by atoms with van der Waals surface area (Å²) in [6.07, 6.45) is 2.10. The van der Waals surface area contributed by atoms with Crippen molar-refractivity contribution in [3.63, 3.8) is 0 Å². The van der Waals surface area contributed by atoms with Gasteiger partial charge in [-0.25, -0.2) is 8.42 Å². The second-order valence-corrected chi connectivity index (χ2v) is 11.7. The van der Waals surface area contributed by atoms with Crippen LogP contribution in [0.5, 0.6) is 0 Å². The van der Waals surface area contributed by atoms with Crippen LogP contribution in [0.15, 0.2) is 36.4 Å². The molecule has 0 aliphatic heterocycles. The molecule has 0 heterocycles. The van der Waals surface area contributed by atoms with Gasteiger partial charge in [0.25, 0.3) is 0 Å². The minimum absolute atomic E-state index is 0.0474. The molecule has 0 saturated carbocycles. The normalized spacial score (nSPS) is 13.1. The van der Waals surface area contributed by atoms with Gasteiger partial charge in [0, 0.05) is 28.2 Å². The van der Waals surface area contributed by atoms with Crippen LogP contribution in [0.1, 0.15) is 50.3 Å². The lowest BCUT2D eigenvalue weighted by Gasteiger charge is -2.34. The van der Waals surface area contributed by atoms with E-state index in [0.29, 0.717) is 27.7 Å². The average molecular weight is 557 g/mol. The Hall–Kier alpha value is -2.29. The fourth-order valence-electron chi connectivity index (χ4n) is 3.81. The maximum atomic E-state index is 13.8. The van der Waals surface area contributed by atoms with Crippen molar-refractivity contribution in [2.24, 2.45) is 0 Å². The zero-order chi connectivity index (χ0) is 27.2. The minimum atomic E-state index is -3.82. The first-order valence-corrected chi connectivity index (χ1v) is 14.5. The number of nitrogens with one attached hydrogen (secondary N) is 1. The Morgan fingerprint density at radius 2 is 1.58 bits per heavy atom. The molecule has 0 aliphatic rings. The Morgan fingerprint density at radius 1 is 1.00 bits per heavy atom. The van der Waals surface area contributed by atoms with E-state index in [1.807, 2.05) is 33.8 Å². The van der Waals surface area contributed by atoms with Crippen molar-refractivity contribution in [3.05, 3.63) is 63.1 Å². The zero-order valence-corrected chi connectivity index (χ0v) is 24.0. The molecule has 2 atom stereocenters. The van der Waals surface area contributed by atoms with Gasteiger partial charge in [-0.05, 0) is 62.9 Å². The summed E-state index contributed by atoms with van der Waals surface area (Å²) in [6, 6.07) is 9.36. The van der Waals surface area contributed by atoms with Crippen molar-refractivity contribution in [3.8, 4) is 0 Å². The van der Waals surface area contributed by atoms with Crippen LogP contribution in [0.3, 0.4) is 0 Å². The third kappa shape index (κ3) is 7.37. The molecule has 0 bridgehead atoms. The van der Waals surface area contributed by atoms with Crippen molar-refractivity contribution in [1.29, 1.82) is 0 Å².